The molecule has 1 aliphatic heterocycles. The van der Waals surface area contributed by atoms with Crippen LogP contribution < -0.4 is 5.32 Å². The summed E-state index contributed by atoms with van der Waals surface area (Å²) in [6.45, 7) is 5.09. The monoisotopic (exact) mass is 722 g/mol. The number of para-hydroxylation sites is 2. The van der Waals surface area contributed by atoms with Crippen molar-refractivity contribution in [3.63, 3.8) is 0 Å². The molecule has 1 saturated heterocycles. The first-order valence-electron chi connectivity index (χ1n) is 18.4. The van der Waals surface area contributed by atoms with E-state index in [1.807, 2.05) is 123 Å². The summed E-state index contributed by atoms with van der Waals surface area (Å²) in [5, 5.41) is 23.8. The number of hydrogen-bond acceptors (Lipinski definition) is 8. The molecule has 0 unspecified atom stereocenters. The maximum atomic E-state index is 12.9. The van der Waals surface area contributed by atoms with Gasteiger partial charge in [0.25, 0.3) is 5.91 Å². The van der Waals surface area contributed by atoms with Gasteiger partial charge in [0.15, 0.2) is 6.29 Å². The minimum absolute atomic E-state index is 0.000490. The minimum atomic E-state index is -0.648. The zero-order valence-electron chi connectivity index (χ0n) is 30.7. The van der Waals surface area contributed by atoms with E-state index in [-0.39, 0.29) is 42.4 Å². The van der Waals surface area contributed by atoms with Gasteiger partial charge in [0.2, 0.25) is 0 Å². The molecule has 7 rings (SSSR count). The zero-order valence-corrected chi connectivity index (χ0v) is 30.7. The topological polar surface area (TPSA) is 117 Å². The summed E-state index contributed by atoms with van der Waals surface area (Å²) in [6, 6.07) is 41.3. The molecule has 0 radical (unpaired) electrons. The van der Waals surface area contributed by atoms with E-state index in [0.29, 0.717) is 18.6 Å². The molecular formula is C45H46N4O5. The van der Waals surface area contributed by atoms with E-state index in [0.717, 1.165) is 44.5 Å². The van der Waals surface area contributed by atoms with Crippen molar-refractivity contribution in [2.24, 2.45) is 5.92 Å². The van der Waals surface area contributed by atoms with E-state index >= 15 is 0 Å². The number of nitrogens with one attached hydrogen (secondary N) is 1. The standard InChI is InChI=1S/C45H46N4O5/c1-29-41(27-49(3)30(2)42(51)34-11-5-4-6-12-34)53-45(54-43(29)35-18-16-31(28-50)17-19-35)36-22-20-33(21-23-36)37-13-9-10-32(24-37)25-47-44(52)40-26-46-38-14-7-8-15-39(38)48-40/h4-24,26,29-30,41-43,45,50-51H,25,27-28H2,1-3H3,(H,47,52)/t29-,30-,41+,42-,43+,45+/m1/s1. The second-order valence-electron chi connectivity index (χ2n) is 14.1. The molecule has 1 aliphatic rings. The van der Waals surface area contributed by atoms with Gasteiger partial charge in [-0.05, 0) is 65.6 Å². The molecule has 6 aromatic rings. The van der Waals surface area contributed by atoms with Gasteiger partial charge in [-0.1, -0.05) is 116 Å². The number of carbonyl (C=O) groups excluding carboxylic acids is 1. The summed E-state index contributed by atoms with van der Waals surface area (Å²) in [7, 11) is 2.02. The largest absolute Gasteiger partial charge is 0.392 e. The first-order valence-corrected chi connectivity index (χ1v) is 18.4. The third-order valence-electron chi connectivity index (χ3n) is 10.5. The molecule has 0 aliphatic carbocycles. The normalized spacial score (nSPS) is 19.7. The van der Waals surface area contributed by atoms with Gasteiger partial charge < -0.3 is 25.0 Å². The Morgan fingerprint density at radius 3 is 2.26 bits per heavy atom. The van der Waals surface area contributed by atoms with Crippen LogP contribution >= 0.6 is 0 Å². The van der Waals surface area contributed by atoms with E-state index in [1.165, 1.54) is 6.20 Å². The highest BCUT2D eigenvalue weighted by atomic mass is 16.7. The highest BCUT2D eigenvalue weighted by Gasteiger charge is 2.39. The molecule has 1 fully saturated rings. The predicted octanol–water partition coefficient (Wildman–Crippen LogP) is 7.56. The molecule has 9 nitrogen and oxygen atoms in total. The molecule has 2 heterocycles. The molecule has 6 atom stereocenters. The number of likely N-dealkylation sites (N-methyl/N-ethyl adjacent to an activating group) is 1. The molecule has 276 valence electrons. The Morgan fingerprint density at radius 2 is 1.52 bits per heavy atom. The highest BCUT2D eigenvalue weighted by Crippen LogP contribution is 2.42. The van der Waals surface area contributed by atoms with Crippen molar-refractivity contribution >= 4 is 16.9 Å². The Labute approximate surface area is 316 Å². The Morgan fingerprint density at radius 1 is 0.815 bits per heavy atom. The molecule has 1 aromatic heterocycles. The fraction of sp³-hybridized carbons (Fsp3) is 0.267. The van der Waals surface area contributed by atoms with Crippen molar-refractivity contribution in [2.45, 2.75) is 57.6 Å². The first-order chi connectivity index (χ1) is 26.3. The van der Waals surface area contributed by atoms with Crippen molar-refractivity contribution in [1.82, 2.24) is 20.2 Å². The summed E-state index contributed by atoms with van der Waals surface area (Å²) in [5.74, 6) is -0.278. The number of benzene rings is 5. The van der Waals surface area contributed by atoms with Crippen LogP contribution in [0.5, 0.6) is 0 Å². The minimum Gasteiger partial charge on any atom is -0.392 e. The summed E-state index contributed by atoms with van der Waals surface area (Å²) in [6.07, 6.45) is -0.219. The van der Waals surface area contributed by atoms with Gasteiger partial charge in [0.05, 0.1) is 42.1 Å². The van der Waals surface area contributed by atoms with Crippen LogP contribution in [-0.2, 0) is 22.6 Å². The number of fused-ring (bicyclic) bond motifs is 1. The van der Waals surface area contributed by atoms with Crippen molar-refractivity contribution in [1.29, 1.82) is 0 Å². The predicted molar refractivity (Wildman–Crippen MR) is 209 cm³/mol. The van der Waals surface area contributed by atoms with Gasteiger partial charge in [-0.15, -0.1) is 0 Å². The Bertz CT molecular complexity index is 2160. The number of ether oxygens (including phenoxy) is 2. The average Bonchev–Trinajstić information content (AvgIpc) is 3.23. The van der Waals surface area contributed by atoms with Crippen LogP contribution in [0.2, 0.25) is 0 Å². The smallest absolute Gasteiger partial charge is 0.271 e. The van der Waals surface area contributed by atoms with Crippen LogP contribution in [0, 0.1) is 5.92 Å². The lowest BCUT2D eigenvalue weighted by atomic mass is 9.89. The van der Waals surface area contributed by atoms with E-state index in [1.54, 1.807) is 0 Å². The second kappa shape index (κ2) is 16.8. The van der Waals surface area contributed by atoms with Crippen molar-refractivity contribution < 1.29 is 24.5 Å². The fourth-order valence-electron chi connectivity index (χ4n) is 6.98. The molecule has 0 bridgehead atoms. The summed E-state index contributed by atoms with van der Waals surface area (Å²) < 4.78 is 13.4. The Hall–Kier alpha value is -5.29. The van der Waals surface area contributed by atoms with Gasteiger partial charge in [0, 0.05) is 30.6 Å². The van der Waals surface area contributed by atoms with E-state index in [2.05, 4.69) is 45.3 Å². The van der Waals surface area contributed by atoms with Crippen molar-refractivity contribution in [3.05, 3.63) is 167 Å². The third-order valence-corrected chi connectivity index (χ3v) is 10.5. The van der Waals surface area contributed by atoms with E-state index in [9.17, 15) is 15.0 Å². The van der Waals surface area contributed by atoms with Crippen LogP contribution in [-0.4, -0.2) is 56.7 Å². The number of aromatic nitrogens is 2. The highest BCUT2D eigenvalue weighted by molar-refractivity contribution is 5.93. The number of rotatable bonds is 12. The lowest BCUT2D eigenvalue weighted by Gasteiger charge is -2.43. The first kappa shape index (κ1) is 37.0. The van der Waals surface area contributed by atoms with Crippen molar-refractivity contribution in [3.8, 4) is 11.1 Å². The summed E-state index contributed by atoms with van der Waals surface area (Å²) >= 11 is 0. The van der Waals surface area contributed by atoms with Gasteiger partial charge in [0.1, 0.15) is 5.69 Å². The molecule has 0 saturated carbocycles. The number of aliphatic hydroxyl groups is 2. The molecule has 0 spiro atoms. The molecule has 1 amide bonds. The molecular weight excluding hydrogens is 677 g/mol. The number of aliphatic hydroxyl groups excluding tert-OH is 2. The zero-order chi connectivity index (χ0) is 37.6. The van der Waals surface area contributed by atoms with Crippen LogP contribution in [0.3, 0.4) is 0 Å². The van der Waals surface area contributed by atoms with Gasteiger partial charge >= 0.3 is 0 Å². The SMILES string of the molecule is C[C@@H]1[C@H](CN(C)[C@H](C)[C@@H](O)c2ccccc2)O[C@H](c2ccc(-c3cccc(CNC(=O)c4cnc5ccccc5n4)c3)cc2)O[C@@H]1c1ccc(CO)cc1. The average molecular weight is 723 g/mol. The van der Waals surface area contributed by atoms with Crippen LogP contribution in [0.4, 0.5) is 0 Å². The molecule has 3 N–H and O–H groups in total. The molecule has 9 heteroatoms. The van der Waals surface area contributed by atoms with Crippen LogP contribution in [0.15, 0.2) is 134 Å². The number of amides is 1. The fourth-order valence-corrected chi connectivity index (χ4v) is 6.98. The van der Waals surface area contributed by atoms with E-state index < -0.39 is 12.4 Å². The Kier molecular flexibility index (Phi) is 11.5. The van der Waals surface area contributed by atoms with Gasteiger partial charge in [-0.2, -0.15) is 0 Å². The summed E-state index contributed by atoms with van der Waals surface area (Å²) in [4.78, 5) is 23.9. The number of hydrogen-bond donors (Lipinski definition) is 3. The van der Waals surface area contributed by atoms with Gasteiger partial charge in [-0.3, -0.25) is 14.7 Å². The molecule has 5 aromatic carbocycles. The third kappa shape index (κ3) is 8.41. The van der Waals surface area contributed by atoms with Gasteiger partial charge in [-0.25, -0.2) is 4.98 Å². The number of nitrogens with zero attached hydrogens (tertiary/aromatic N) is 3. The Balaban J connectivity index is 1.06. The number of carbonyl (C=O) groups is 1. The van der Waals surface area contributed by atoms with Crippen LogP contribution in [0.25, 0.3) is 22.2 Å². The van der Waals surface area contributed by atoms with Crippen LogP contribution in [0.1, 0.15) is 70.7 Å². The second-order valence-corrected chi connectivity index (χ2v) is 14.1. The maximum Gasteiger partial charge on any atom is 0.271 e. The summed E-state index contributed by atoms with van der Waals surface area (Å²) in [5.41, 5.74) is 8.34. The quantitative estimate of drug-likeness (QED) is 0.119. The molecule has 54 heavy (non-hydrogen) atoms. The lowest BCUT2D eigenvalue weighted by Crippen LogP contribution is -2.46. The van der Waals surface area contributed by atoms with E-state index in [4.69, 9.17) is 9.47 Å². The lowest BCUT2D eigenvalue weighted by molar-refractivity contribution is -0.276. The van der Waals surface area contributed by atoms with Crippen molar-refractivity contribution in [2.75, 3.05) is 13.6 Å². The maximum absolute atomic E-state index is 12.9.